The predicted octanol–water partition coefficient (Wildman–Crippen LogP) is 4.44. The zero-order valence-corrected chi connectivity index (χ0v) is 14.4. The molecule has 5 heteroatoms. The highest BCUT2D eigenvalue weighted by Gasteiger charge is 2.36. The van der Waals surface area contributed by atoms with E-state index in [4.69, 9.17) is 11.6 Å². The van der Waals surface area contributed by atoms with Gasteiger partial charge in [0, 0.05) is 16.0 Å². The van der Waals surface area contributed by atoms with Gasteiger partial charge in [0.15, 0.2) is 0 Å². The highest BCUT2D eigenvalue weighted by molar-refractivity contribution is 7.99. The molecule has 0 aromatic heterocycles. The minimum absolute atomic E-state index is 0.157. The third-order valence-electron chi connectivity index (χ3n) is 3.41. The van der Waals surface area contributed by atoms with Crippen LogP contribution in [0.25, 0.3) is 0 Å². The van der Waals surface area contributed by atoms with Gasteiger partial charge >= 0.3 is 5.97 Å². The minimum Gasteiger partial charge on any atom is -0.480 e. The summed E-state index contributed by atoms with van der Waals surface area (Å²) in [4.78, 5) is 12.8. The van der Waals surface area contributed by atoms with Gasteiger partial charge in [-0.25, -0.2) is 0 Å². The molecule has 1 unspecified atom stereocenters. The Kier molecular flexibility index (Phi) is 7.57. The molecule has 3 nitrogen and oxygen atoms in total. The van der Waals surface area contributed by atoms with E-state index in [2.05, 4.69) is 5.32 Å². The molecule has 0 amide bonds. The monoisotopic (exact) mass is 329 g/mol. The van der Waals surface area contributed by atoms with Crippen molar-refractivity contribution in [1.29, 1.82) is 0 Å². The summed E-state index contributed by atoms with van der Waals surface area (Å²) in [5, 5.41) is 13.5. The molecule has 0 fully saturated rings. The number of benzene rings is 1. The number of halogens is 1. The zero-order chi connectivity index (χ0) is 15.9. The number of carbonyl (C=O) groups is 1. The lowest BCUT2D eigenvalue weighted by atomic mass is 9.90. The third kappa shape index (κ3) is 5.89. The van der Waals surface area contributed by atoms with Crippen LogP contribution in [-0.4, -0.2) is 28.4 Å². The second-order valence-electron chi connectivity index (χ2n) is 5.45. The molecule has 1 rings (SSSR count). The third-order valence-corrected chi connectivity index (χ3v) is 4.76. The van der Waals surface area contributed by atoms with Crippen molar-refractivity contribution in [2.24, 2.45) is 0 Å². The molecule has 1 aromatic rings. The molecule has 0 saturated carbocycles. The summed E-state index contributed by atoms with van der Waals surface area (Å²) in [5.41, 5.74) is -0.811. The first-order valence-electron chi connectivity index (χ1n) is 7.29. The summed E-state index contributed by atoms with van der Waals surface area (Å²) < 4.78 is 0. The van der Waals surface area contributed by atoms with Gasteiger partial charge in [0.2, 0.25) is 0 Å². The number of rotatable bonds is 9. The Morgan fingerprint density at radius 1 is 1.38 bits per heavy atom. The number of thioether (sulfide) groups is 1. The van der Waals surface area contributed by atoms with E-state index in [-0.39, 0.29) is 6.04 Å². The van der Waals surface area contributed by atoms with Crippen LogP contribution in [0, 0.1) is 0 Å². The first-order valence-corrected chi connectivity index (χ1v) is 8.65. The average molecular weight is 330 g/mol. The van der Waals surface area contributed by atoms with Gasteiger partial charge < -0.3 is 5.11 Å². The zero-order valence-electron chi connectivity index (χ0n) is 12.9. The van der Waals surface area contributed by atoms with Gasteiger partial charge in [-0.1, -0.05) is 18.5 Å². The first kappa shape index (κ1) is 18.3. The smallest absolute Gasteiger partial charge is 0.323 e. The summed E-state index contributed by atoms with van der Waals surface area (Å²) in [6, 6.07) is 7.88. The fraction of sp³-hybridized carbons (Fsp3) is 0.562. The minimum atomic E-state index is -0.811. The van der Waals surface area contributed by atoms with E-state index in [0.29, 0.717) is 12.8 Å². The number of carboxylic acids is 1. The molecule has 0 saturated heterocycles. The number of aliphatic carboxylic acids is 1. The van der Waals surface area contributed by atoms with Crippen LogP contribution in [0.1, 0.15) is 40.0 Å². The number of hydrogen-bond donors (Lipinski definition) is 2. The van der Waals surface area contributed by atoms with E-state index >= 15 is 0 Å². The normalized spacial score (nSPS) is 14.1. The summed E-state index contributed by atoms with van der Waals surface area (Å²) in [6.07, 6.45) is 2.08. The Morgan fingerprint density at radius 2 is 2.00 bits per heavy atom. The summed E-state index contributed by atoms with van der Waals surface area (Å²) >= 11 is 7.58. The molecule has 0 heterocycles. The van der Waals surface area contributed by atoms with Crippen LogP contribution < -0.4 is 5.32 Å². The van der Waals surface area contributed by atoms with E-state index in [1.807, 2.05) is 45.0 Å². The van der Waals surface area contributed by atoms with Crippen molar-refractivity contribution in [3.05, 3.63) is 29.3 Å². The Bertz CT molecular complexity index is 450. The highest BCUT2D eigenvalue weighted by Crippen LogP contribution is 2.25. The molecule has 2 N–H and O–H groups in total. The fourth-order valence-electron chi connectivity index (χ4n) is 2.32. The molecule has 0 aliphatic heterocycles. The Morgan fingerprint density at radius 3 is 2.48 bits per heavy atom. The molecule has 118 valence electrons. The largest absolute Gasteiger partial charge is 0.480 e. The highest BCUT2D eigenvalue weighted by atomic mass is 35.5. The van der Waals surface area contributed by atoms with Crippen LogP contribution in [-0.2, 0) is 4.79 Å². The molecule has 0 bridgehead atoms. The van der Waals surface area contributed by atoms with Crippen LogP contribution in [0.3, 0.4) is 0 Å². The summed E-state index contributed by atoms with van der Waals surface area (Å²) in [5.74, 6) is 0.145. The second kappa shape index (κ2) is 8.66. The van der Waals surface area contributed by atoms with E-state index in [9.17, 15) is 9.90 Å². The first-order chi connectivity index (χ1) is 9.89. The molecule has 0 aliphatic carbocycles. The average Bonchev–Trinajstić information content (AvgIpc) is 2.43. The van der Waals surface area contributed by atoms with Gasteiger partial charge in [0.1, 0.15) is 5.54 Å². The van der Waals surface area contributed by atoms with Gasteiger partial charge in [0.25, 0.3) is 0 Å². The van der Waals surface area contributed by atoms with Crippen molar-refractivity contribution in [1.82, 2.24) is 5.32 Å². The van der Waals surface area contributed by atoms with Crippen LogP contribution in [0.5, 0.6) is 0 Å². The number of carboxylic acid groups (broad SMARTS) is 1. The topological polar surface area (TPSA) is 49.3 Å². The van der Waals surface area contributed by atoms with Gasteiger partial charge in [-0.2, -0.15) is 0 Å². The Hall–Kier alpha value is -0.710. The van der Waals surface area contributed by atoms with Crippen molar-refractivity contribution in [2.75, 3.05) is 5.75 Å². The summed E-state index contributed by atoms with van der Waals surface area (Å²) in [6.45, 7) is 5.89. The second-order valence-corrected chi connectivity index (χ2v) is 7.05. The Labute approximate surface area is 136 Å². The van der Waals surface area contributed by atoms with E-state index in [1.165, 1.54) is 0 Å². The quantitative estimate of drug-likeness (QED) is 0.519. The predicted molar refractivity (Wildman–Crippen MR) is 90.3 cm³/mol. The molecular formula is C16H24ClNO2S. The molecule has 0 spiro atoms. The molecule has 0 radical (unpaired) electrons. The van der Waals surface area contributed by atoms with Gasteiger partial charge in [-0.15, -0.1) is 11.8 Å². The van der Waals surface area contributed by atoms with E-state index in [0.717, 1.165) is 22.1 Å². The van der Waals surface area contributed by atoms with Crippen LogP contribution in [0.15, 0.2) is 29.2 Å². The lowest BCUT2D eigenvalue weighted by Crippen LogP contribution is -2.54. The van der Waals surface area contributed by atoms with E-state index in [1.54, 1.807) is 11.8 Å². The molecular weight excluding hydrogens is 306 g/mol. The van der Waals surface area contributed by atoms with Crippen LogP contribution in [0.2, 0.25) is 5.02 Å². The SMILES string of the molecule is CCC(CCCSc1ccc(Cl)cc1)(NC(C)C)C(=O)O. The maximum atomic E-state index is 11.6. The molecule has 21 heavy (non-hydrogen) atoms. The standard InChI is InChI=1S/C16H24ClNO2S/c1-4-16(15(19)20,18-12(2)3)10-5-11-21-14-8-6-13(17)7-9-14/h6-9,12,18H,4-5,10-11H2,1-3H3,(H,19,20). The van der Waals surface area contributed by atoms with Gasteiger partial charge in [0.05, 0.1) is 0 Å². The maximum Gasteiger partial charge on any atom is 0.323 e. The summed E-state index contributed by atoms with van der Waals surface area (Å²) in [7, 11) is 0. The van der Waals surface area contributed by atoms with Crippen molar-refractivity contribution in [3.63, 3.8) is 0 Å². The van der Waals surface area contributed by atoms with Crippen molar-refractivity contribution in [3.8, 4) is 0 Å². The van der Waals surface area contributed by atoms with Crippen molar-refractivity contribution in [2.45, 2.75) is 56.5 Å². The number of nitrogens with one attached hydrogen (secondary N) is 1. The lowest BCUT2D eigenvalue weighted by Gasteiger charge is -2.31. The molecule has 1 aromatic carbocycles. The molecule has 1 atom stereocenters. The van der Waals surface area contributed by atoms with Gasteiger partial charge in [-0.3, -0.25) is 10.1 Å². The maximum absolute atomic E-state index is 11.6. The van der Waals surface area contributed by atoms with Crippen molar-refractivity contribution >= 4 is 29.3 Å². The van der Waals surface area contributed by atoms with Crippen LogP contribution in [0.4, 0.5) is 0 Å². The number of hydrogen-bond acceptors (Lipinski definition) is 3. The molecule has 0 aliphatic rings. The van der Waals surface area contributed by atoms with Crippen molar-refractivity contribution < 1.29 is 9.90 Å². The lowest BCUT2D eigenvalue weighted by molar-refractivity contribution is -0.145. The fourth-order valence-corrected chi connectivity index (χ4v) is 3.30. The van der Waals surface area contributed by atoms with Crippen LogP contribution >= 0.6 is 23.4 Å². The van der Waals surface area contributed by atoms with E-state index < -0.39 is 11.5 Å². The Balaban J connectivity index is 2.50. The van der Waals surface area contributed by atoms with Gasteiger partial charge in [-0.05, 0) is 63.1 Å².